The number of carboxylic acids is 3. The normalized spacial score (nSPS) is 15.6. The van der Waals surface area contributed by atoms with E-state index in [9.17, 15) is 29.7 Å². The highest BCUT2D eigenvalue weighted by Gasteiger charge is 2.55. The quantitative estimate of drug-likeness (QED) is 0.0536. The fraction of sp³-hybridized carbons (Fsp3) is 0.844. The second-order valence-electron chi connectivity index (χ2n) is 11.2. The molecule has 39 heavy (non-hydrogen) atoms. The van der Waals surface area contributed by atoms with Gasteiger partial charge in [-0.1, -0.05) is 104 Å². The molecule has 0 bridgehead atoms. The summed E-state index contributed by atoms with van der Waals surface area (Å²) in [5, 5.41) is 30.0. The number of nitrogens with zero attached hydrogens (tertiary/aromatic N) is 1. The molecule has 3 atom stereocenters. The zero-order valence-electron chi connectivity index (χ0n) is 25.5. The number of hydrogen-bond acceptors (Lipinski definition) is 3. The molecule has 0 rings (SSSR count). The number of allylic oxidation sites excluding steroid dienone is 2. The molecule has 228 valence electrons. The van der Waals surface area contributed by atoms with E-state index in [1.165, 1.54) is 77.0 Å². The highest BCUT2D eigenvalue weighted by molar-refractivity contribution is 5.78. The topological polar surface area (TPSA) is 112 Å². The first kappa shape index (κ1) is 37.1. The van der Waals surface area contributed by atoms with E-state index in [1.807, 2.05) is 0 Å². The van der Waals surface area contributed by atoms with Gasteiger partial charge in [0.25, 0.3) is 0 Å². The van der Waals surface area contributed by atoms with Crippen LogP contribution in [0.2, 0.25) is 0 Å². The Morgan fingerprint density at radius 2 is 0.821 bits per heavy atom. The first-order chi connectivity index (χ1) is 18.7. The van der Waals surface area contributed by atoms with Crippen molar-refractivity contribution >= 4 is 17.9 Å². The third-order valence-corrected chi connectivity index (χ3v) is 8.31. The molecular weight excluding hydrogens is 494 g/mol. The van der Waals surface area contributed by atoms with Gasteiger partial charge in [-0.3, -0.25) is 4.48 Å². The van der Waals surface area contributed by atoms with E-state index < -0.39 is 40.5 Å². The van der Waals surface area contributed by atoms with Crippen molar-refractivity contribution in [3.63, 3.8) is 0 Å². The Balaban J connectivity index is 4.58. The van der Waals surface area contributed by atoms with E-state index in [0.29, 0.717) is 6.42 Å². The number of aliphatic carboxylic acids is 3. The van der Waals surface area contributed by atoms with Gasteiger partial charge < -0.3 is 15.3 Å². The smallest absolute Gasteiger partial charge is 0.362 e. The minimum atomic E-state index is -1.12. The minimum Gasteiger partial charge on any atom is -0.477 e. The van der Waals surface area contributed by atoms with Crippen LogP contribution in [0, 0.1) is 0 Å². The lowest BCUT2D eigenvalue weighted by atomic mass is 9.93. The summed E-state index contributed by atoms with van der Waals surface area (Å²) in [4.78, 5) is 36.8. The summed E-state index contributed by atoms with van der Waals surface area (Å²) in [5.74, 6) is -3.35. The predicted octanol–water partition coefficient (Wildman–Crippen LogP) is 8.21. The van der Waals surface area contributed by atoms with Crippen molar-refractivity contribution in [2.75, 3.05) is 6.54 Å². The van der Waals surface area contributed by atoms with Crippen molar-refractivity contribution in [2.45, 2.75) is 168 Å². The van der Waals surface area contributed by atoms with Crippen LogP contribution in [0.3, 0.4) is 0 Å². The molecule has 0 radical (unpaired) electrons. The van der Waals surface area contributed by atoms with Crippen LogP contribution in [0.5, 0.6) is 0 Å². The van der Waals surface area contributed by atoms with E-state index in [1.54, 1.807) is 20.8 Å². The molecule has 0 saturated carbocycles. The van der Waals surface area contributed by atoms with E-state index >= 15 is 0 Å². The number of carboxylic acid groups (broad SMARTS) is 3. The van der Waals surface area contributed by atoms with Crippen LogP contribution < -0.4 is 0 Å². The lowest BCUT2D eigenvalue weighted by Crippen LogP contribution is -2.72. The molecule has 0 aliphatic heterocycles. The van der Waals surface area contributed by atoms with E-state index in [-0.39, 0.29) is 25.8 Å². The molecule has 0 saturated heterocycles. The number of carbonyl (C=O) groups is 3. The summed E-state index contributed by atoms with van der Waals surface area (Å²) in [6.07, 6.45) is 24.0. The minimum absolute atomic E-state index is 0.193. The van der Waals surface area contributed by atoms with Gasteiger partial charge in [0, 0.05) is 19.3 Å². The van der Waals surface area contributed by atoms with Gasteiger partial charge in [0.05, 0.1) is 6.54 Å². The first-order valence-corrected chi connectivity index (χ1v) is 15.9. The van der Waals surface area contributed by atoms with Crippen molar-refractivity contribution in [1.82, 2.24) is 0 Å². The molecule has 0 aromatic carbocycles. The Hall–Kier alpha value is -1.89. The Bertz CT molecular complexity index is 637. The fourth-order valence-electron chi connectivity index (χ4n) is 6.27. The van der Waals surface area contributed by atoms with Gasteiger partial charge in [0.1, 0.15) is 0 Å². The lowest BCUT2D eigenvalue weighted by Gasteiger charge is -2.49. The van der Waals surface area contributed by atoms with Crippen molar-refractivity contribution in [1.29, 1.82) is 0 Å². The van der Waals surface area contributed by atoms with Crippen LogP contribution >= 0.6 is 0 Å². The molecule has 3 N–H and O–H groups in total. The van der Waals surface area contributed by atoms with Gasteiger partial charge in [-0.05, 0) is 38.5 Å². The van der Waals surface area contributed by atoms with Crippen LogP contribution in [0.15, 0.2) is 12.2 Å². The van der Waals surface area contributed by atoms with Gasteiger partial charge in [0.15, 0.2) is 18.1 Å². The molecule has 0 aromatic rings. The fourth-order valence-corrected chi connectivity index (χ4v) is 6.27. The number of rotatable bonds is 27. The molecular formula is C32H60NO6+. The Kier molecular flexibility index (Phi) is 21.8. The molecule has 0 aliphatic rings. The van der Waals surface area contributed by atoms with Crippen molar-refractivity contribution in [3.8, 4) is 0 Å². The summed E-state index contributed by atoms with van der Waals surface area (Å²) in [7, 11) is 0. The summed E-state index contributed by atoms with van der Waals surface area (Å²) in [6.45, 7) is 7.63. The van der Waals surface area contributed by atoms with Gasteiger partial charge >= 0.3 is 17.9 Å². The van der Waals surface area contributed by atoms with Crippen LogP contribution in [0.25, 0.3) is 0 Å². The van der Waals surface area contributed by atoms with Crippen molar-refractivity contribution in [2.24, 2.45) is 0 Å². The number of hydrogen-bond donors (Lipinski definition) is 3. The summed E-state index contributed by atoms with van der Waals surface area (Å²) in [5.41, 5.74) is 0. The maximum Gasteiger partial charge on any atom is 0.362 e. The largest absolute Gasteiger partial charge is 0.477 e. The van der Waals surface area contributed by atoms with Gasteiger partial charge in [-0.15, -0.1) is 0 Å². The molecule has 7 nitrogen and oxygen atoms in total. The zero-order valence-corrected chi connectivity index (χ0v) is 25.5. The van der Waals surface area contributed by atoms with E-state index in [2.05, 4.69) is 19.1 Å². The summed E-state index contributed by atoms with van der Waals surface area (Å²) >= 11 is 0. The molecule has 0 aliphatic carbocycles. The lowest BCUT2D eigenvalue weighted by molar-refractivity contribution is -0.973. The third-order valence-electron chi connectivity index (χ3n) is 8.31. The predicted molar refractivity (Wildman–Crippen MR) is 159 cm³/mol. The first-order valence-electron chi connectivity index (χ1n) is 15.9. The van der Waals surface area contributed by atoms with Crippen molar-refractivity contribution in [3.05, 3.63) is 12.2 Å². The molecule has 0 spiro atoms. The highest BCUT2D eigenvalue weighted by Crippen LogP contribution is 2.32. The number of quaternary nitrogens is 1. The average Bonchev–Trinajstić information content (AvgIpc) is 2.88. The van der Waals surface area contributed by atoms with Crippen LogP contribution in [-0.2, 0) is 14.4 Å². The molecule has 0 fully saturated rings. The van der Waals surface area contributed by atoms with Crippen LogP contribution in [0.1, 0.15) is 150 Å². The maximum atomic E-state index is 12.3. The van der Waals surface area contributed by atoms with Gasteiger partial charge in [0.2, 0.25) is 0 Å². The van der Waals surface area contributed by atoms with Crippen LogP contribution in [0.4, 0.5) is 0 Å². The highest BCUT2D eigenvalue weighted by atomic mass is 16.4. The molecule has 0 aromatic heterocycles. The Morgan fingerprint density at radius 3 is 1.13 bits per heavy atom. The van der Waals surface area contributed by atoms with Crippen LogP contribution in [-0.4, -0.2) is 62.4 Å². The molecule has 7 heteroatoms. The maximum absolute atomic E-state index is 12.3. The Labute approximate surface area is 238 Å². The van der Waals surface area contributed by atoms with Crippen molar-refractivity contribution < 1.29 is 34.2 Å². The molecule has 0 heterocycles. The SMILES string of the molecule is CCCCCC/C=C/CCCCCCCCCCCC[N+](C(CC)C(=O)O)(C(CC)C(=O)O)C(CC)C(=O)O. The Morgan fingerprint density at radius 1 is 0.513 bits per heavy atom. The standard InChI is InChI=1S/C32H59NO6/c1-5-9-10-11-12-13-14-15-16-17-18-19-20-21-22-23-24-25-26-33(27(6-2)30(34)35,28(7-3)31(36)37)29(8-4)32(38)39/h13-14,27-29H,5-12,15-26H2,1-4H3,(H2-,34,35,36,37,38,39)/p+1/b14-13+. The molecule has 0 amide bonds. The van der Waals surface area contributed by atoms with E-state index in [0.717, 1.165) is 19.3 Å². The zero-order chi connectivity index (χ0) is 29.5. The second kappa shape index (κ2) is 22.9. The second-order valence-corrected chi connectivity index (χ2v) is 11.2. The summed E-state index contributed by atoms with van der Waals surface area (Å²) in [6, 6.07) is -3.19. The molecule has 3 unspecified atom stereocenters. The monoisotopic (exact) mass is 554 g/mol. The summed E-state index contributed by atoms with van der Waals surface area (Å²) < 4.78 is -0.405. The third kappa shape index (κ3) is 13.8. The average molecular weight is 555 g/mol. The van der Waals surface area contributed by atoms with Gasteiger partial charge in [-0.25, -0.2) is 14.4 Å². The van der Waals surface area contributed by atoms with E-state index in [4.69, 9.17) is 0 Å². The number of unbranched alkanes of at least 4 members (excludes halogenated alkanes) is 14. The van der Waals surface area contributed by atoms with Gasteiger partial charge in [-0.2, -0.15) is 0 Å².